The van der Waals surface area contributed by atoms with E-state index in [2.05, 4.69) is 10.0 Å². The molecule has 148 valence electrons. The van der Waals surface area contributed by atoms with Gasteiger partial charge >= 0.3 is 6.03 Å². The molecule has 1 aliphatic carbocycles. The van der Waals surface area contributed by atoms with Crippen LogP contribution in [-0.2, 0) is 16.6 Å². The minimum absolute atomic E-state index is 0.0575. The fourth-order valence-corrected chi connectivity index (χ4v) is 5.33. The van der Waals surface area contributed by atoms with Crippen LogP contribution in [0.3, 0.4) is 0 Å². The second-order valence-corrected chi connectivity index (χ2v) is 9.25. The van der Waals surface area contributed by atoms with Gasteiger partial charge in [0.25, 0.3) is 10.0 Å². The number of anilines is 1. The third-order valence-electron chi connectivity index (χ3n) is 5.87. The molecule has 2 aromatic carbocycles. The van der Waals surface area contributed by atoms with Crippen LogP contribution in [0, 0.1) is 0 Å². The van der Waals surface area contributed by atoms with Crippen molar-refractivity contribution >= 4 is 21.7 Å². The zero-order valence-corrected chi connectivity index (χ0v) is 16.5. The third-order valence-corrected chi connectivity index (χ3v) is 7.25. The highest BCUT2D eigenvalue weighted by Gasteiger charge is 2.47. The molecule has 0 bridgehead atoms. The topological polar surface area (TPSA) is 78.5 Å². The average molecular weight is 400 g/mol. The van der Waals surface area contributed by atoms with Crippen molar-refractivity contribution in [1.29, 1.82) is 0 Å². The van der Waals surface area contributed by atoms with Crippen LogP contribution in [0.1, 0.15) is 37.7 Å². The number of amides is 2. The van der Waals surface area contributed by atoms with Gasteiger partial charge in [-0.2, -0.15) is 0 Å². The predicted octanol–water partition coefficient (Wildman–Crippen LogP) is 3.72. The van der Waals surface area contributed by atoms with Gasteiger partial charge in [-0.1, -0.05) is 36.4 Å². The molecule has 2 N–H and O–H groups in total. The van der Waals surface area contributed by atoms with Crippen LogP contribution in [-0.4, -0.2) is 31.4 Å². The lowest BCUT2D eigenvalue weighted by Crippen LogP contribution is -2.54. The van der Waals surface area contributed by atoms with Crippen molar-refractivity contribution < 1.29 is 13.2 Å². The summed E-state index contributed by atoms with van der Waals surface area (Å²) < 4.78 is 27.9. The molecule has 6 nitrogen and oxygen atoms in total. The second kappa shape index (κ2) is 7.47. The predicted molar refractivity (Wildman–Crippen MR) is 108 cm³/mol. The maximum Gasteiger partial charge on any atom is 0.318 e. The molecule has 2 amide bonds. The normalized spacial score (nSPS) is 17.9. The van der Waals surface area contributed by atoms with Crippen LogP contribution in [0.25, 0.3) is 0 Å². The first-order valence-corrected chi connectivity index (χ1v) is 11.2. The minimum atomic E-state index is -3.68. The van der Waals surface area contributed by atoms with Gasteiger partial charge in [-0.25, -0.2) is 13.2 Å². The minimum Gasteiger partial charge on any atom is -0.334 e. The van der Waals surface area contributed by atoms with E-state index in [0.29, 0.717) is 5.69 Å². The van der Waals surface area contributed by atoms with Crippen molar-refractivity contribution in [1.82, 2.24) is 10.2 Å². The lowest BCUT2D eigenvalue weighted by molar-refractivity contribution is 0.0810. The van der Waals surface area contributed by atoms with Gasteiger partial charge < -0.3 is 10.2 Å². The van der Waals surface area contributed by atoms with E-state index in [1.807, 2.05) is 17.0 Å². The van der Waals surface area contributed by atoms with E-state index < -0.39 is 10.0 Å². The zero-order valence-electron chi connectivity index (χ0n) is 15.7. The Morgan fingerprint density at radius 3 is 2.36 bits per heavy atom. The van der Waals surface area contributed by atoms with E-state index >= 15 is 0 Å². The van der Waals surface area contributed by atoms with Crippen molar-refractivity contribution in [2.75, 3.05) is 11.3 Å². The number of carbonyl (C=O) groups is 1. The van der Waals surface area contributed by atoms with Gasteiger partial charge in [-0.15, -0.1) is 0 Å². The number of nitrogens with one attached hydrogen (secondary N) is 2. The molecule has 2 aromatic rings. The number of nitrogens with zero attached hydrogens (tertiary/aromatic N) is 1. The number of sulfonamides is 1. The van der Waals surface area contributed by atoms with E-state index in [4.69, 9.17) is 0 Å². The van der Waals surface area contributed by atoms with Crippen LogP contribution in [0.15, 0.2) is 59.5 Å². The van der Waals surface area contributed by atoms with E-state index in [-0.39, 0.29) is 23.0 Å². The smallest absolute Gasteiger partial charge is 0.318 e. The molecule has 1 aliphatic heterocycles. The molecule has 2 fully saturated rings. The maximum absolute atomic E-state index is 12.7. The van der Waals surface area contributed by atoms with Gasteiger partial charge in [0, 0.05) is 18.6 Å². The average Bonchev–Trinajstić information content (AvgIpc) is 3.13. The standard InChI is InChI=1S/C21H25N3O3S/c25-20(24-15-7-14-21(24)12-6-13-21)22-16-17-8-4-5-11-19(17)23-28(26,27)18-9-2-1-3-10-18/h1-5,8-11,23H,6-7,12-16H2,(H,22,25). The van der Waals surface area contributed by atoms with E-state index in [0.717, 1.165) is 37.8 Å². The lowest BCUT2D eigenvalue weighted by atomic mass is 9.75. The molecule has 1 heterocycles. The molecule has 7 heteroatoms. The SMILES string of the molecule is O=C(NCc1ccccc1NS(=O)(=O)c1ccccc1)N1CCCC12CCC2. The van der Waals surface area contributed by atoms with E-state index in [1.165, 1.54) is 6.42 Å². The molecule has 0 aromatic heterocycles. The number of likely N-dealkylation sites (tertiary alicyclic amines) is 1. The van der Waals surface area contributed by atoms with E-state index in [1.54, 1.807) is 42.5 Å². The van der Waals surface area contributed by atoms with Crippen molar-refractivity contribution in [2.24, 2.45) is 0 Å². The van der Waals surface area contributed by atoms with Gasteiger partial charge in [0.1, 0.15) is 0 Å². The lowest BCUT2D eigenvalue weighted by Gasteiger charge is -2.45. The van der Waals surface area contributed by atoms with Gasteiger partial charge in [-0.05, 0) is 55.9 Å². The van der Waals surface area contributed by atoms with Crippen molar-refractivity contribution in [3.8, 4) is 0 Å². The molecular weight excluding hydrogens is 374 g/mol. The number of rotatable bonds is 5. The number of carbonyl (C=O) groups excluding carboxylic acids is 1. The molecular formula is C21H25N3O3S. The fraction of sp³-hybridized carbons (Fsp3) is 0.381. The molecule has 0 unspecified atom stereocenters. The first-order valence-electron chi connectivity index (χ1n) is 9.71. The Morgan fingerprint density at radius 2 is 1.64 bits per heavy atom. The van der Waals surface area contributed by atoms with Crippen LogP contribution >= 0.6 is 0 Å². The fourth-order valence-electron chi connectivity index (χ4n) is 4.20. The highest BCUT2D eigenvalue weighted by Crippen LogP contribution is 2.45. The molecule has 1 spiro atoms. The van der Waals surface area contributed by atoms with Crippen molar-refractivity contribution in [3.63, 3.8) is 0 Å². The number of urea groups is 1. The molecule has 4 rings (SSSR count). The first kappa shape index (κ1) is 18.8. The Kier molecular flexibility index (Phi) is 5.02. The van der Waals surface area contributed by atoms with Gasteiger partial charge in [0.05, 0.1) is 10.6 Å². The summed E-state index contributed by atoms with van der Waals surface area (Å²) in [6.07, 6.45) is 5.52. The summed E-state index contributed by atoms with van der Waals surface area (Å²) in [5.41, 5.74) is 1.28. The number of benzene rings is 2. The van der Waals surface area contributed by atoms with Crippen LogP contribution in [0.2, 0.25) is 0 Å². The Hall–Kier alpha value is -2.54. The van der Waals surface area contributed by atoms with E-state index in [9.17, 15) is 13.2 Å². The molecule has 0 radical (unpaired) electrons. The van der Waals surface area contributed by atoms with Gasteiger partial charge in [0.15, 0.2) is 0 Å². The molecule has 2 aliphatic rings. The monoisotopic (exact) mass is 399 g/mol. The summed E-state index contributed by atoms with van der Waals surface area (Å²) >= 11 is 0. The summed E-state index contributed by atoms with van der Waals surface area (Å²) in [4.78, 5) is 14.9. The third kappa shape index (κ3) is 3.58. The summed E-state index contributed by atoms with van der Waals surface area (Å²) in [7, 11) is -3.68. The highest BCUT2D eigenvalue weighted by atomic mass is 32.2. The number of hydrogen-bond acceptors (Lipinski definition) is 3. The van der Waals surface area contributed by atoms with Crippen LogP contribution in [0.4, 0.5) is 10.5 Å². The van der Waals surface area contributed by atoms with Crippen molar-refractivity contribution in [3.05, 3.63) is 60.2 Å². The molecule has 1 saturated carbocycles. The number of hydrogen-bond donors (Lipinski definition) is 2. The maximum atomic E-state index is 12.7. The molecule has 1 saturated heterocycles. The summed E-state index contributed by atoms with van der Waals surface area (Å²) in [5.74, 6) is 0. The van der Waals surface area contributed by atoms with Crippen LogP contribution in [0.5, 0.6) is 0 Å². The highest BCUT2D eigenvalue weighted by molar-refractivity contribution is 7.92. The molecule has 28 heavy (non-hydrogen) atoms. The Balaban J connectivity index is 1.46. The largest absolute Gasteiger partial charge is 0.334 e. The number of para-hydroxylation sites is 1. The first-order chi connectivity index (χ1) is 13.5. The Labute approximate surface area is 166 Å². The van der Waals surface area contributed by atoms with Crippen molar-refractivity contribution in [2.45, 2.75) is 49.1 Å². The van der Waals surface area contributed by atoms with Crippen LogP contribution < -0.4 is 10.0 Å². The zero-order chi connectivity index (χ0) is 19.6. The molecule has 0 atom stereocenters. The summed E-state index contributed by atoms with van der Waals surface area (Å²) in [6.45, 7) is 1.08. The van der Waals surface area contributed by atoms with Gasteiger partial charge in [-0.3, -0.25) is 4.72 Å². The second-order valence-electron chi connectivity index (χ2n) is 7.57. The quantitative estimate of drug-likeness (QED) is 0.804. The summed E-state index contributed by atoms with van der Waals surface area (Å²) in [5, 5.41) is 2.98. The van der Waals surface area contributed by atoms with Gasteiger partial charge in [0.2, 0.25) is 0 Å². The Morgan fingerprint density at radius 1 is 0.964 bits per heavy atom. The Bertz CT molecular complexity index is 956. The summed E-state index contributed by atoms with van der Waals surface area (Å²) in [6, 6.07) is 15.4.